The summed E-state index contributed by atoms with van der Waals surface area (Å²) in [7, 11) is -1.08. The molecular formula is C11H18N2O3S. The summed E-state index contributed by atoms with van der Waals surface area (Å²) in [6, 6.07) is 0.0939. The maximum atomic E-state index is 11.7. The van der Waals surface area contributed by atoms with Crippen LogP contribution in [0.2, 0.25) is 0 Å². The molecule has 1 aliphatic rings. The van der Waals surface area contributed by atoms with Crippen LogP contribution in [0.15, 0.2) is 10.6 Å². The van der Waals surface area contributed by atoms with Crippen molar-refractivity contribution in [2.45, 2.75) is 37.5 Å². The Hall–Kier alpha value is -0.880. The van der Waals surface area contributed by atoms with E-state index in [1.165, 1.54) is 0 Å². The van der Waals surface area contributed by atoms with Gasteiger partial charge in [-0.05, 0) is 26.8 Å². The smallest absolute Gasteiger partial charge is 0.195 e. The number of nitrogens with one attached hydrogen (secondary N) is 1. The van der Waals surface area contributed by atoms with E-state index in [9.17, 15) is 8.42 Å². The second kappa shape index (κ2) is 4.78. The second-order valence-corrected chi connectivity index (χ2v) is 6.90. The van der Waals surface area contributed by atoms with Crippen LogP contribution >= 0.6 is 0 Å². The van der Waals surface area contributed by atoms with Crippen molar-refractivity contribution in [1.82, 2.24) is 10.3 Å². The summed E-state index contributed by atoms with van der Waals surface area (Å²) in [5.41, 5.74) is 0. The number of oxazole rings is 1. The van der Waals surface area contributed by atoms with Crippen LogP contribution in [0.1, 0.15) is 37.5 Å². The average Bonchev–Trinajstić information content (AvgIpc) is 2.86. The van der Waals surface area contributed by atoms with Gasteiger partial charge in [0.1, 0.15) is 5.76 Å². The molecule has 17 heavy (non-hydrogen) atoms. The van der Waals surface area contributed by atoms with Crippen molar-refractivity contribution in [3.63, 3.8) is 0 Å². The van der Waals surface area contributed by atoms with Crippen molar-refractivity contribution in [3.05, 3.63) is 17.8 Å². The SMILES string of the molecule is CNC(C)c1cnc(CC2CCCS2(=O)=O)o1. The Morgan fingerprint density at radius 2 is 2.41 bits per heavy atom. The summed E-state index contributed by atoms with van der Waals surface area (Å²) < 4.78 is 28.9. The molecule has 0 amide bonds. The predicted octanol–water partition coefficient (Wildman–Crippen LogP) is 1.07. The van der Waals surface area contributed by atoms with E-state index in [4.69, 9.17) is 4.42 Å². The first-order valence-electron chi connectivity index (χ1n) is 5.86. The van der Waals surface area contributed by atoms with Crippen molar-refractivity contribution in [3.8, 4) is 0 Å². The van der Waals surface area contributed by atoms with E-state index in [2.05, 4.69) is 10.3 Å². The third-order valence-electron chi connectivity index (χ3n) is 3.30. The second-order valence-electron chi connectivity index (χ2n) is 4.50. The van der Waals surface area contributed by atoms with Gasteiger partial charge < -0.3 is 9.73 Å². The summed E-state index contributed by atoms with van der Waals surface area (Å²) in [5.74, 6) is 1.58. The molecule has 6 heteroatoms. The molecule has 0 spiro atoms. The van der Waals surface area contributed by atoms with Gasteiger partial charge >= 0.3 is 0 Å². The summed E-state index contributed by atoms with van der Waals surface area (Å²) in [6.07, 6.45) is 3.55. The van der Waals surface area contributed by atoms with Crippen molar-refractivity contribution in [2.75, 3.05) is 12.8 Å². The Labute approximate surface area is 102 Å². The first-order valence-corrected chi connectivity index (χ1v) is 7.58. The molecule has 0 saturated carbocycles. The van der Waals surface area contributed by atoms with Crippen LogP contribution < -0.4 is 5.32 Å². The molecule has 1 saturated heterocycles. The van der Waals surface area contributed by atoms with E-state index in [0.29, 0.717) is 18.1 Å². The summed E-state index contributed by atoms with van der Waals surface area (Å²) in [4.78, 5) is 4.14. The zero-order valence-electron chi connectivity index (χ0n) is 10.1. The Morgan fingerprint density at radius 1 is 1.65 bits per heavy atom. The molecule has 1 aliphatic heterocycles. The molecule has 2 heterocycles. The quantitative estimate of drug-likeness (QED) is 0.874. The molecule has 1 N–H and O–H groups in total. The van der Waals surface area contributed by atoms with Gasteiger partial charge in [0.15, 0.2) is 15.7 Å². The van der Waals surface area contributed by atoms with Gasteiger partial charge in [0.2, 0.25) is 0 Å². The number of nitrogens with zero attached hydrogens (tertiary/aromatic N) is 1. The monoisotopic (exact) mass is 258 g/mol. The lowest BCUT2D eigenvalue weighted by atomic mass is 10.2. The molecule has 0 aromatic carbocycles. The summed E-state index contributed by atoms with van der Waals surface area (Å²) >= 11 is 0. The largest absolute Gasteiger partial charge is 0.444 e. The molecule has 1 aromatic rings. The van der Waals surface area contributed by atoms with Crippen molar-refractivity contribution < 1.29 is 12.8 Å². The van der Waals surface area contributed by atoms with E-state index in [-0.39, 0.29) is 11.3 Å². The lowest BCUT2D eigenvalue weighted by Crippen LogP contribution is -2.18. The van der Waals surface area contributed by atoms with E-state index < -0.39 is 9.84 Å². The summed E-state index contributed by atoms with van der Waals surface area (Å²) in [5, 5.41) is 2.75. The van der Waals surface area contributed by atoms with E-state index in [1.807, 2.05) is 14.0 Å². The van der Waals surface area contributed by atoms with Gasteiger partial charge in [-0.2, -0.15) is 0 Å². The number of hydrogen-bond acceptors (Lipinski definition) is 5. The Morgan fingerprint density at radius 3 is 3.00 bits per heavy atom. The highest BCUT2D eigenvalue weighted by Crippen LogP contribution is 2.24. The maximum absolute atomic E-state index is 11.7. The highest BCUT2D eigenvalue weighted by Gasteiger charge is 2.32. The van der Waals surface area contributed by atoms with Gasteiger partial charge in [-0.25, -0.2) is 13.4 Å². The van der Waals surface area contributed by atoms with Crippen LogP contribution in [0.4, 0.5) is 0 Å². The van der Waals surface area contributed by atoms with E-state index >= 15 is 0 Å². The summed E-state index contributed by atoms with van der Waals surface area (Å²) in [6.45, 7) is 1.97. The van der Waals surface area contributed by atoms with Crippen molar-refractivity contribution >= 4 is 9.84 Å². The normalized spacial score (nSPS) is 24.9. The van der Waals surface area contributed by atoms with Crippen LogP contribution in [0.25, 0.3) is 0 Å². The fourth-order valence-corrected chi connectivity index (χ4v) is 3.87. The first kappa shape index (κ1) is 12.6. The molecule has 0 radical (unpaired) electrons. The topological polar surface area (TPSA) is 72.2 Å². The minimum Gasteiger partial charge on any atom is -0.444 e. The third-order valence-corrected chi connectivity index (χ3v) is 5.57. The average molecular weight is 258 g/mol. The van der Waals surface area contributed by atoms with Gasteiger partial charge in [-0.3, -0.25) is 0 Å². The standard InChI is InChI=1S/C11H18N2O3S/c1-8(12-2)10-7-13-11(16-10)6-9-4-3-5-17(9,14)15/h7-9,12H,3-6H2,1-2H3. The number of sulfone groups is 1. The van der Waals surface area contributed by atoms with Gasteiger partial charge in [0.05, 0.1) is 23.2 Å². The fourth-order valence-electron chi connectivity index (χ4n) is 2.04. The molecule has 2 atom stereocenters. The highest BCUT2D eigenvalue weighted by atomic mass is 32.2. The minimum atomic E-state index is -2.92. The van der Waals surface area contributed by atoms with Crippen LogP contribution in [0.3, 0.4) is 0 Å². The van der Waals surface area contributed by atoms with Crippen LogP contribution in [0.5, 0.6) is 0 Å². The van der Waals surface area contributed by atoms with Crippen molar-refractivity contribution in [1.29, 1.82) is 0 Å². The number of aromatic nitrogens is 1. The molecule has 1 aromatic heterocycles. The molecule has 0 bridgehead atoms. The van der Waals surface area contributed by atoms with Gasteiger partial charge in [0.25, 0.3) is 0 Å². The third kappa shape index (κ3) is 2.69. The number of hydrogen-bond donors (Lipinski definition) is 1. The number of rotatable bonds is 4. The maximum Gasteiger partial charge on any atom is 0.195 e. The fraction of sp³-hybridized carbons (Fsp3) is 0.727. The lowest BCUT2D eigenvalue weighted by molar-refractivity contribution is 0.410. The zero-order valence-corrected chi connectivity index (χ0v) is 11.0. The molecule has 5 nitrogen and oxygen atoms in total. The Bertz CT molecular complexity index is 481. The Balaban J connectivity index is 2.07. The lowest BCUT2D eigenvalue weighted by Gasteiger charge is -2.06. The molecule has 96 valence electrons. The van der Waals surface area contributed by atoms with Gasteiger partial charge in [-0.15, -0.1) is 0 Å². The van der Waals surface area contributed by atoms with E-state index in [1.54, 1.807) is 6.20 Å². The van der Waals surface area contributed by atoms with E-state index in [0.717, 1.165) is 18.6 Å². The van der Waals surface area contributed by atoms with Gasteiger partial charge in [-0.1, -0.05) is 0 Å². The first-order chi connectivity index (χ1) is 8.03. The predicted molar refractivity (Wildman–Crippen MR) is 64.5 cm³/mol. The highest BCUT2D eigenvalue weighted by molar-refractivity contribution is 7.92. The minimum absolute atomic E-state index is 0.0939. The van der Waals surface area contributed by atoms with Gasteiger partial charge in [0, 0.05) is 6.42 Å². The molecular weight excluding hydrogens is 240 g/mol. The van der Waals surface area contributed by atoms with Crippen LogP contribution in [-0.4, -0.2) is 31.5 Å². The Kier molecular flexibility index (Phi) is 3.53. The van der Waals surface area contributed by atoms with Crippen LogP contribution in [0, 0.1) is 0 Å². The molecule has 1 fully saturated rings. The molecule has 2 rings (SSSR count). The van der Waals surface area contributed by atoms with Crippen molar-refractivity contribution in [2.24, 2.45) is 0 Å². The zero-order chi connectivity index (χ0) is 12.5. The van der Waals surface area contributed by atoms with Crippen LogP contribution in [-0.2, 0) is 16.3 Å². The molecule has 2 unspecified atom stereocenters. The molecule has 0 aliphatic carbocycles.